The zero-order valence-corrected chi connectivity index (χ0v) is 8.39. The molecule has 0 fully saturated rings. The molecule has 0 saturated carbocycles. The number of amides is 1. The third kappa shape index (κ3) is 1.55. The Morgan fingerprint density at radius 3 is 3.13 bits per heavy atom. The van der Waals surface area contributed by atoms with Crippen LogP contribution in [0.15, 0.2) is 18.5 Å². The Labute approximate surface area is 85.8 Å². The van der Waals surface area contributed by atoms with Crippen LogP contribution in [-0.4, -0.2) is 40.3 Å². The standard InChI is InChI=1S/C9H10N4O2/c1-13(15-2)9(14)6-3-4-10-8-7(6)5-11-12-8/h3-5H,1-2H3,(H,10,11,12). The topological polar surface area (TPSA) is 71.1 Å². The van der Waals surface area contributed by atoms with E-state index in [0.29, 0.717) is 16.6 Å². The monoisotopic (exact) mass is 206 g/mol. The summed E-state index contributed by atoms with van der Waals surface area (Å²) < 4.78 is 0. The molecule has 0 radical (unpaired) electrons. The van der Waals surface area contributed by atoms with Crippen molar-refractivity contribution in [1.82, 2.24) is 20.2 Å². The van der Waals surface area contributed by atoms with Gasteiger partial charge in [-0.2, -0.15) is 5.10 Å². The van der Waals surface area contributed by atoms with Crippen molar-refractivity contribution in [2.75, 3.05) is 14.2 Å². The average Bonchev–Trinajstić information content (AvgIpc) is 2.74. The van der Waals surface area contributed by atoms with Crippen LogP contribution in [0.1, 0.15) is 10.4 Å². The van der Waals surface area contributed by atoms with E-state index < -0.39 is 0 Å². The van der Waals surface area contributed by atoms with E-state index in [-0.39, 0.29) is 5.91 Å². The fourth-order valence-electron chi connectivity index (χ4n) is 1.29. The molecule has 2 aromatic heterocycles. The number of rotatable bonds is 2. The number of hydrogen-bond acceptors (Lipinski definition) is 4. The predicted molar refractivity (Wildman–Crippen MR) is 53.0 cm³/mol. The van der Waals surface area contributed by atoms with Gasteiger partial charge in [0.2, 0.25) is 0 Å². The Kier molecular flexibility index (Phi) is 2.34. The molecular formula is C9H10N4O2. The summed E-state index contributed by atoms with van der Waals surface area (Å²) in [5.41, 5.74) is 1.10. The molecule has 0 aliphatic rings. The second kappa shape index (κ2) is 3.66. The number of carbonyl (C=O) groups excluding carboxylic acids is 1. The number of nitrogens with one attached hydrogen (secondary N) is 1. The zero-order chi connectivity index (χ0) is 10.8. The third-order valence-electron chi connectivity index (χ3n) is 2.14. The highest BCUT2D eigenvalue weighted by molar-refractivity contribution is 6.04. The van der Waals surface area contributed by atoms with Crippen molar-refractivity contribution in [3.63, 3.8) is 0 Å². The maximum atomic E-state index is 11.8. The number of aromatic nitrogens is 3. The van der Waals surface area contributed by atoms with Gasteiger partial charge in [0.15, 0.2) is 5.65 Å². The lowest BCUT2D eigenvalue weighted by Gasteiger charge is -2.13. The Bertz CT molecular complexity index is 494. The second-order valence-corrected chi connectivity index (χ2v) is 2.98. The highest BCUT2D eigenvalue weighted by atomic mass is 16.7. The first-order valence-electron chi connectivity index (χ1n) is 4.34. The number of pyridine rings is 1. The van der Waals surface area contributed by atoms with Crippen LogP contribution in [0.5, 0.6) is 0 Å². The molecule has 1 amide bonds. The van der Waals surface area contributed by atoms with Gasteiger partial charge in [-0.15, -0.1) is 0 Å². The van der Waals surface area contributed by atoms with Crippen LogP contribution < -0.4 is 0 Å². The molecule has 0 aliphatic heterocycles. The van der Waals surface area contributed by atoms with Gasteiger partial charge in [-0.05, 0) is 6.07 Å². The van der Waals surface area contributed by atoms with Gasteiger partial charge in [-0.25, -0.2) is 10.0 Å². The number of H-pyrrole nitrogens is 1. The quantitative estimate of drug-likeness (QED) is 0.730. The van der Waals surface area contributed by atoms with E-state index >= 15 is 0 Å². The molecule has 0 unspecified atom stereocenters. The van der Waals surface area contributed by atoms with Gasteiger partial charge in [0, 0.05) is 13.2 Å². The summed E-state index contributed by atoms with van der Waals surface area (Å²) in [5.74, 6) is -0.230. The molecule has 2 aromatic rings. The van der Waals surface area contributed by atoms with Crippen molar-refractivity contribution in [3.8, 4) is 0 Å². The molecule has 6 nitrogen and oxygen atoms in total. The molecule has 0 aliphatic carbocycles. The number of carbonyl (C=O) groups is 1. The molecule has 0 atom stereocenters. The molecule has 2 rings (SSSR count). The molecule has 0 saturated heterocycles. The van der Waals surface area contributed by atoms with E-state index in [9.17, 15) is 4.79 Å². The molecule has 15 heavy (non-hydrogen) atoms. The summed E-state index contributed by atoms with van der Waals surface area (Å²) in [6.07, 6.45) is 3.12. The first-order valence-corrected chi connectivity index (χ1v) is 4.34. The fourth-order valence-corrected chi connectivity index (χ4v) is 1.29. The summed E-state index contributed by atoms with van der Waals surface area (Å²) >= 11 is 0. The second-order valence-electron chi connectivity index (χ2n) is 2.98. The minimum atomic E-state index is -0.230. The Morgan fingerprint density at radius 1 is 1.60 bits per heavy atom. The largest absolute Gasteiger partial charge is 0.278 e. The van der Waals surface area contributed by atoms with Crippen molar-refractivity contribution < 1.29 is 9.63 Å². The van der Waals surface area contributed by atoms with Gasteiger partial charge in [-0.3, -0.25) is 14.7 Å². The van der Waals surface area contributed by atoms with Crippen LogP contribution in [0, 0.1) is 0 Å². The third-order valence-corrected chi connectivity index (χ3v) is 2.14. The maximum absolute atomic E-state index is 11.8. The van der Waals surface area contributed by atoms with Crippen LogP contribution in [0.2, 0.25) is 0 Å². The Morgan fingerprint density at radius 2 is 2.40 bits per heavy atom. The van der Waals surface area contributed by atoms with Crippen molar-refractivity contribution in [2.45, 2.75) is 0 Å². The summed E-state index contributed by atoms with van der Waals surface area (Å²) in [6.45, 7) is 0. The van der Waals surface area contributed by atoms with E-state index in [4.69, 9.17) is 4.84 Å². The van der Waals surface area contributed by atoms with Crippen LogP contribution in [0.25, 0.3) is 11.0 Å². The van der Waals surface area contributed by atoms with Crippen LogP contribution in [0.3, 0.4) is 0 Å². The molecule has 0 aromatic carbocycles. The fraction of sp³-hybridized carbons (Fsp3) is 0.222. The average molecular weight is 206 g/mol. The number of nitrogens with zero attached hydrogens (tertiary/aromatic N) is 3. The number of hydrogen-bond donors (Lipinski definition) is 1. The molecule has 78 valence electrons. The van der Waals surface area contributed by atoms with Gasteiger partial charge in [0.1, 0.15) is 0 Å². The van der Waals surface area contributed by atoms with E-state index in [1.165, 1.54) is 7.11 Å². The smallest absolute Gasteiger partial charge is 0.274 e. The number of aromatic amines is 1. The summed E-state index contributed by atoms with van der Waals surface area (Å²) in [6, 6.07) is 1.63. The van der Waals surface area contributed by atoms with Gasteiger partial charge in [-0.1, -0.05) is 0 Å². The van der Waals surface area contributed by atoms with Crippen molar-refractivity contribution in [3.05, 3.63) is 24.0 Å². The zero-order valence-electron chi connectivity index (χ0n) is 8.39. The van der Waals surface area contributed by atoms with Crippen LogP contribution in [-0.2, 0) is 4.84 Å². The first-order chi connectivity index (χ1) is 7.24. The predicted octanol–water partition coefficient (Wildman–Crippen LogP) is 0.591. The SMILES string of the molecule is CON(C)C(=O)c1ccnc2[nH]ncc12. The first kappa shape index (κ1) is 9.60. The molecule has 0 bridgehead atoms. The van der Waals surface area contributed by atoms with Crippen molar-refractivity contribution >= 4 is 16.9 Å². The van der Waals surface area contributed by atoms with E-state index in [0.717, 1.165) is 5.06 Å². The minimum Gasteiger partial charge on any atom is -0.274 e. The summed E-state index contributed by atoms with van der Waals surface area (Å²) in [7, 11) is 2.99. The molecule has 0 spiro atoms. The maximum Gasteiger partial charge on any atom is 0.278 e. The van der Waals surface area contributed by atoms with Gasteiger partial charge >= 0.3 is 0 Å². The Hall–Kier alpha value is -1.95. The molecule has 6 heteroatoms. The van der Waals surface area contributed by atoms with E-state index in [2.05, 4.69) is 15.2 Å². The van der Waals surface area contributed by atoms with Gasteiger partial charge in [0.25, 0.3) is 5.91 Å². The molecule has 1 N–H and O–H groups in total. The lowest BCUT2D eigenvalue weighted by Crippen LogP contribution is -2.25. The van der Waals surface area contributed by atoms with Gasteiger partial charge in [0.05, 0.1) is 24.3 Å². The summed E-state index contributed by atoms with van der Waals surface area (Å²) in [5, 5.41) is 8.37. The van der Waals surface area contributed by atoms with Crippen LogP contribution in [0.4, 0.5) is 0 Å². The van der Waals surface area contributed by atoms with E-state index in [1.807, 2.05) is 0 Å². The van der Waals surface area contributed by atoms with Crippen LogP contribution >= 0.6 is 0 Å². The van der Waals surface area contributed by atoms with Gasteiger partial charge < -0.3 is 0 Å². The normalized spacial score (nSPS) is 10.5. The van der Waals surface area contributed by atoms with Crippen molar-refractivity contribution in [1.29, 1.82) is 0 Å². The lowest BCUT2D eigenvalue weighted by atomic mass is 10.2. The van der Waals surface area contributed by atoms with E-state index in [1.54, 1.807) is 25.5 Å². The number of fused-ring (bicyclic) bond motifs is 1. The lowest BCUT2D eigenvalue weighted by molar-refractivity contribution is -0.0755. The highest BCUT2D eigenvalue weighted by Gasteiger charge is 2.15. The molecule has 2 heterocycles. The Balaban J connectivity index is 2.51. The minimum absolute atomic E-state index is 0.230. The van der Waals surface area contributed by atoms with Crippen molar-refractivity contribution in [2.24, 2.45) is 0 Å². The highest BCUT2D eigenvalue weighted by Crippen LogP contribution is 2.15. The number of hydroxylamine groups is 2. The summed E-state index contributed by atoms with van der Waals surface area (Å²) in [4.78, 5) is 20.7. The molecular weight excluding hydrogens is 196 g/mol.